The van der Waals surface area contributed by atoms with Gasteiger partial charge in [-0.3, -0.25) is 13.9 Å². The van der Waals surface area contributed by atoms with Gasteiger partial charge in [0.05, 0.1) is 11.9 Å². The lowest BCUT2D eigenvalue weighted by atomic mass is 10.1. The molecule has 2 amide bonds. The number of carbonyl (C=O) groups is 2. The summed E-state index contributed by atoms with van der Waals surface area (Å²) in [6.07, 6.45) is 5.61. The monoisotopic (exact) mass is 499 g/mol. The quantitative estimate of drug-likeness (QED) is 0.537. The zero-order valence-corrected chi connectivity index (χ0v) is 22.0. The van der Waals surface area contributed by atoms with Gasteiger partial charge in [-0.15, -0.1) is 0 Å². The molecule has 1 N–H and O–H groups in total. The smallest absolute Gasteiger partial charge is 0.244 e. The Labute approximate surface area is 209 Å². The highest BCUT2D eigenvalue weighted by Crippen LogP contribution is 2.26. The van der Waals surface area contributed by atoms with E-state index in [2.05, 4.69) is 5.32 Å². The number of aryl methyl sites for hydroxylation is 1. The van der Waals surface area contributed by atoms with Gasteiger partial charge in [0.2, 0.25) is 21.8 Å². The number of sulfonamides is 1. The van der Waals surface area contributed by atoms with E-state index in [-0.39, 0.29) is 25.0 Å². The van der Waals surface area contributed by atoms with Crippen LogP contribution in [0.2, 0.25) is 0 Å². The first-order valence-electron chi connectivity index (χ1n) is 12.3. The maximum Gasteiger partial charge on any atom is 0.244 e. The van der Waals surface area contributed by atoms with E-state index in [1.807, 2.05) is 57.2 Å². The Kier molecular flexibility index (Phi) is 8.94. The van der Waals surface area contributed by atoms with Gasteiger partial charge in [-0.2, -0.15) is 0 Å². The van der Waals surface area contributed by atoms with Gasteiger partial charge in [0.15, 0.2) is 0 Å². The number of carbonyl (C=O) groups excluding carboxylic acids is 2. The average molecular weight is 500 g/mol. The predicted molar refractivity (Wildman–Crippen MR) is 140 cm³/mol. The normalized spacial score (nSPS) is 15.0. The third kappa shape index (κ3) is 6.84. The van der Waals surface area contributed by atoms with Crippen molar-refractivity contribution in [2.24, 2.45) is 0 Å². The Balaban J connectivity index is 1.93. The first kappa shape index (κ1) is 26.7. The highest BCUT2D eigenvalue weighted by molar-refractivity contribution is 7.92. The Morgan fingerprint density at radius 1 is 1.03 bits per heavy atom. The molecule has 1 fully saturated rings. The maximum absolute atomic E-state index is 13.8. The van der Waals surface area contributed by atoms with Crippen LogP contribution in [-0.4, -0.2) is 50.0 Å². The number of nitrogens with one attached hydrogen (secondary N) is 1. The second-order valence-corrected chi connectivity index (χ2v) is 11.3. The molecular weight excluding hydrogens is 462 g/mol. The number of amides is 2. The first-order valence-corrected chi connectivity index (χ1v) is 14.1. The molecule has 1 atom stereocenters. The summed E-state index contributed by atoms with van der Waals surface area (Å²) in [7, 11) is -3.74. The molecule has 1 aliphatic rings. The summed E-state index contributed by atoms with van der Waals surface area (Å²) in [5, 5.41) is 3.12. The lowest BCUT2D eigenvalue weighted by Crippen LogP contribution is -2.53. The standard InChI is InChI=1S/C27H37N3O4S/c1-5-24(27(32)28-23-15-9-10-16-23)29(18-22-13-7-6-8-14-22)26(31)19-30(35(4,33)34)25-17-11-12-20(2)21(25)3/h6-8,11-14,17,23-24H,5,9-10,15-16,18-19H2,1-4H3,(H,28,32)/t24-/m1/s1. The van der Waals surface area contributed by atoms with Gasteiger partial charge in [-0.25, -0.2) is 8.42 Å². The zero-order valence-electron chi connectivity index (χ0n) is 21.2. The summed E-state index contributed by atoms with van der Waals surface area (Å²) < 4.78 is 26.7. The molecule has 2 aromatic carbocycles. The van der Waals surface area contributed by atoms with Crippen molar-refractivity contribution in [2.45, 2.75) is 71.5 Å². The van der Waals surface area contributed by atoms with Crippen LogP contribution in [0.4, 0.5) is 5.69 Å². The second kappa shape index (κ2) is 11.7. The van der Waals surface area contributed by atoms with E-state index in [9.17, 15) is 18.0 Å². The van der Waals surface area contributed by atoms with Gasteiger partial charge in [0.1, 0.15) is 12.6 Å². The van der Waals surface area contributed by atoms with Crippen LogP contribution in [0.25, 0.3) is 0 Å². The fourth-order valence-electron chi connectivity index (χ4n) is 4.67. The highest BCUT2D eigenvalue weighted by atomic mass is 32.2. The van der Waals surface area contributed by atoms with Gasteiger partial charge in [0, 0.05) is 12.6 Å². The molecule has 2 aromatic rings. The molecule has 7 nitrogen and oxygen atoms in total. The van der Waals surface area contributed by atoms with Gasteiger partial charge in [-0.05, 0) is 55.9 Å². The van der Waals surface area contributed by atoms with Gasteiger partial charge in [0.25, 0.3) is 0 Å². The van der Waals surface area contributed by atoms with E-state index >= 15 is 0 Å². The average Bonchev–Trinajstić information content (AvgIpc) is 3.32. The lowest BCUT2D eigenvalue weighted by molar-refractivity contribution is -0.140. The van der Waals surface area contributed by atoms with Crippen molar-refractivity contribution in [1.82, 2.24) is 10.2 Å². The molecule has 0 bridgehead atoms. The summed E-state index contributed by atoms with van der Waals surface area (Å²) >= 11 is 0. The second-order valence-electron chi connectivity index (χ2n) is 9.41. The molecule has 3 rings (SSSR count). The lowest BCUT2D eigenvalue weighted by Gasteiger charge is -2.33. The first-order chi connectivity index (χ1) is 16.6. The number of anilines is 1. The number of benzene rings is 2. The molecule has 1 aliphatic carbocycles. The Bertz CT molecular complexity index is 1130. The molecule has 0 aliphatic heterocycles. The van der Waals surface area contributed by atoms with E-state index in [0.717, 1.165) is 52.9 Å². The molecular formula is C27H37N3O4S. The fraction of sp³-hybridized carbons (Fsp3) is 0.481. The SMILES string of the molecule is CC[C@H](C(=O)NC1CCCC1)N(Cc1ccccc1)C(=O)CN(c1cccc(C)c1C)S(C)(=O)=O. The molecule has 0 radical (unpaired) electrons. The topological polar surface area (TPSA) is 86.8 Å². The van der Waals surface area contributed by atoms with Crippen molar-refractivity contribution in [2.75, 3.05) is 17.1 Å². The zero-order chi connectivity index (χ0) is 25.6. The molecule has 0 spiro atoms. The maximum atomic E-state index is 13.8. The van der Waals surface area contributed by atoms with Crippen LogP contribution in [-0.2, 0) is 26.2 Å². The minimum atomic E-state index is -3.74. The number of nitrogens with zero attached hydrogens (tertiary/aromatic N) is 2. The Hall–Kier alpha value is -2.87. The minimum Gasteiger partial charge on any atom is -0.352 e. The van der Waals surface area contributed by atoms with Crippen LogP contribution < -0.4 is 9.62 Å². The molecule has 190 valence electrons. The van der Waals surface area contributed by atoms with Crippen LogP contribution >= 0.6 is 0 Å². The predicted octanol–water partition coefficient (Wildman–Crippen LogP) is 3.94. The van der Waals surface area contributed by atoms with Crippen LogP contribution in [0.1, 0.15) is 55.7 Å². The Morgan fingerprint density at radius 2 is 1.69 bits per heavy atom. The number of rotatable bonds is 10. The molecule has 0 heterocycles. The third-order valence-electron chi connectivity index (χ3n) is 6.81. The number of hydrogen-bond acceptors (Lipinski definition) is 4. The van der Waals surface area contributed by atoms with Crippen molar-refractivity contribution in [1.29, 1.82) is 0 Å². The Morgan fingerprint density at radius 3 is 2.29 bits per heavy atom. The van der Waals surface area contributed by atoms with Gasteiger partial charge in [-0.1, -0.05) is 62.2 Å². The summed E-state index contributed by atoms with van der Waals surface area (Å²) in [5.41, 5.74) is 3.09. The van der Waals surface area contributed by atoms with Crippen LogP contribution in [0, 0.1) is 13.8 Å². The van der Waals surface area contributed by atoms with Crippen molar-refractivity contribution in [3.8, 4) is 0 Å². The van der Waals surface area contributed by atoms with Gasteiger partial charge >= 0.3 is 0 Å². The number of hydrogen-bond donors (Lipinski definition) is 1. The molecule has 8 heteroatoms. The minimum absolute atomic E-state index is 0.132. The van der Waals surface area contributed by atoms with E-state index in [4.69, 9.17) is 0 Å². The molecule has 0 saturated heterocycles. The summed E-state index contributed by atoms with van der Waals surface area (Å²) in [5.74, 6) is -0.588. The summed E-state index contributed by atoms with van der Waals surface area (Å²) in [6.45, 7) is 5.48. The molecule has 1 saturated carbocycles. The van der Waals surface area contributed by atoms with E-state index in [0.29, 0.717) is 12.1 Å². The molecule has 35 heavy (non-hydrogen) atoms. The van der Waals surface area contributed by atoms with Crippen molar-refractivity contribution < 1.29 is 18.0 Å². The fourth-order valence-corrected chi connectivity index (χ4v) is 5.57. The van der Waals surface area contributed by atoms with Crippen LogP contribution in [0.5, 0.6) is 0 Å². The largest absolute Gasteiger partial charge is 0.352 e. The van der Waals surface area contributed by atoms with E-state index < -0.39 is 22.0 Å². The molecule has 0 aromatic heterocycles. The summed E-state index contributed by atoms with van der Waals surface area (Å²) in [6, 6.07) is 14.3. The van der Waals surface area contributed by atoms with Crippen molar-refractivity contribution in [3.63, 3.8) is 0 Å². The summed E-state index contributed by atoms with van der Waals surface area (Å²) in [4.78, 5) is 28.6. The highest BCUT2D eigenvalue weighted by Gasteiger charge is 2.33. The third-order valence-corrected chi connectivity index (χ3v) is 7.93. The van der Waals surface area contributed by atoms with E-state index in [1.165, 1.54) is 4.90 Å². The van der Waals surface area contributed by atoms with Crippen molar-refractivity contribution >= 4 is 27.5 Å². The van der Waals surface area contributed by atoms with Gasteiger partial charge < -0.3 is 10.2 Å². The van der Waals surface area contributed by atoms with E-state index in [1.54, 1.807) is 12.1 Å². The van der Waals surface area contributed by atoms with Crippen LogP contribution in [0.15, 0.2) is 48.5 Å². The molecule has 0 unspecified atom stereocenters. The van der Waals surface area contributed by atoms with Crippen LogP contribution in [0.3, 0.4) is 0 Å². The van der Waals surface area contributed by atoms with Crippen molar-refractivity contribution in [3.05, 3.63) is 65.2 Å².